The normalized spacial score (nSPS) is 21.5. The molecule has 1 saturated carbocycles. The lowest BCUT2D eigenvalue weighted by Gasteiger charge is -2.32. The molecule has 29 heavy (non-hydrogen) atoms. The summed E-state index contributed by atoms with van der Waals surface area (Å²) in [5, 5.41) is 3.23. The number of morpholine rings is 1. The third-order valence-electron chi connectivity index (χ3n) is 5.52. The molecule has 8 heteroatoms. The number of hydrogen-bond donors (Lipinski definition) is 1. The highest BCUT2D eigenvalue weighted by Gasteiger charge is 2.37. The van der Waals surface area contributed by atoms with Gasteiger partial charge in [-0.3, -0.25) is 9.59 Å². The lowest BCUT2D eigenvalue weighted by Crippen LogP contribution is -2.49. The summed E-state index contributed by atoms with van der Waals surface area (Å²) in [7, 11) is 1.65. The molecule has 2 fully saturated rings. The number of carbonyl (C=O) groups is 2. The van der Waals surface area contributed by atoms with Gasteiger partial charge < -0.3 is 29.3 Å². The van der Waals surface area contributed by atoms with E-state index in [1.165, 1.54) is 0 Å². The Hall–Kier alpha value is -2.16. The molecule has 2 amide bonds. The first-order valence-corrected chi connectivity index (χ1v) is 10.3. The molecule has 0 spiro atoms. The van der Waals surface area contributed by atoms with Crippen LogP contribution in [0.2, 0.25) is 0 Å². The van der Waals surface area contributed by atoms with Crippen LogP contribution in [0.15, 0.2) is 18.2 Å². The van der Waals surface area contributed by atoms with Crippen molar-refractivity contribution < 1.29 is 23.8 Å². The van der Waals surface area contributed by atoms with E-state index in [1.807, 2.05) is 23.1 Å². The first-order valence-electron chi connectivity index (χ1n) is 10.3. The van der Waals surface area contributed by atoms with Crippen molar-refractivity contribution in [2.75, 3.05) is 51.5 Å². The van der Waals surface area contributed by atoms with E-state index in [1.54, 1.807) is 12.0 Å². The van der Waals surface area contributed by atoms with Crippen molar-refractivity contribution in [3.05, 3.63) is 23.8 Å². The van der Waals surface area contributed by atoms with Gasteiger partial charge in [-0.25, -0.2) is 0 Å². The average Bonchev–Trinajstić information content (AvgIpc) is 3.59. The van der Waals surface area contributed by atoms with Gasteiger partial charge in [-0.2, -0.15) is 0 Å². The first kappa shape index (κ1) is 20.1. The van der Waals surface area contributed by atoms with E-state index in [0.717, 1.165) is 37.1 Å². The molecule has 1 atom stereocenters. The number of carbonyl (C=O) groups excluding carboxylic acids is 2. The summed E-state index contributed by atoms with van der Waals surface area (Å²) >= 11 is 0. The second-order valence-corrected chi connectivity index (χ2v) is 7.74. The van der Waals surface area contributed by atoms with Crippen LogP contribution < -0.4 is 15.0 Å². The van der Waals surface area contributed by atoms with E-state index in [-0.39, 0.29) is 24.5 Å². The summed E-state index contributed by atoms with van der Waals surface area (Å²) in [6.07, 6.45) is 2.39. The first-order chi connectivity index (χ1) is 14.2. The summed E-state index contributed by atoms with van der Waals surface area (Å²) in [4.78, 5) is 29.1. The second-order valence-electron chi connectivity index (χ2n) is 7.74. The summed E-state index contributed by atoms with van der Waals surface area (Å²) in [6.45, 7) is 3.64. The molecule has 0 radical (unpaired) electrons. The number of methoxy groups -OCH3 is 1. The maximum absolute atomic E-state index is 13.0. The highest BCUT2D eigenvalue weighted by atomic mass is 16.5. The van der Waals surface area contributed by atoms with Crippen molar-refractivity contribution in [3.8, 4) is 5.75 Å². The Labute approximate surface area is 171 Å². The van der Waals surface area contributed by atoms with Crippen molar-refractivity contribution in [1.82, 2.24) is 10.2 Å². The number of benzene rings is 1. The monoisotopic (exact) mass is 403 g/mol. The van der Waals surface area contributed by atoms with Crippen LogP contribution in [0.1, 0.15) is 24.8 Å². The smallest absolute Gasteiger partial charge is 0.265 e. The van der Waals surface area contributed by atoms with Gasteiger partial charge in [-0.15, -0.1) is 0 Å². The Kier molecular flexibility index (Phi) is 6.32. The average molecular weight is 403 g/mol. The molecule has 158 valence electrons. The van der Waals surface area contributed by atoms with Gasteiger partial charge in [0.2, 0.25) is 0 Å². The lowest BCUT2D eigenvalue weighted by atomic mass is 10.1. The van der Waals surface area contributed by atoms with Gasteiger partial charge in [0.25, 0.3) is 11.8 Å². The Balaban J connectivity index is 1.50. The van der Waals surface area contributed by atoms with Gasteiger partial charge in [0.1, 0.15) is 11.9 Å². The highest BCUT2D eigenvalue weighted by molar-refractivity contribution is 5.97. The largest absolute Gasteiger partial charge is 0.482 e. The summed E-state index contributed by atoms with van der Waals surface area (Å²) in [6, 6.07) is 6.13. The molecule has 0 aromatic heterocycles. The van der Waals surface area contributed by atoms with Crippen molar-refractivity contribution in [3.63, 3.8) is 0 Å². The number of nitrogens with one attached hydrogen (secondary N) is 1. The van der Waals surface area contributed by atoms with Crippen LogP contribution in [-0.2, 0) is 25.6 Å². The molecule has 0 bridgehead atoms. The maximum Gasteiger partial charge on any atom is 0.265 e. The fourth-order valence-electron chi connectivity index (χ4n) is 3.84. The molecule has 2 aliphatic heterocycles. The molecule has 4 rings (SSSR count). The predicted octanol–water partition coefficient (Wildman–Crippen LogP) is 0.928. The van der Waals surface area contributed by atoms with Crippen molar-refractivity contribution in [2.24, 2.45) is 0 Å². The highest BCUT2D eigenvalue weighted by Crippen LogP contribution is 2.35. The Morgan fingerprint density at radius 2 is 2.24 bits per heavy atom. The van der Waals surface area contributed by atoms with Crippen LogP contribution in [0.25, 0.3) is 0 Å². The molecule has 1 aromatic rings. The van der Waals surface area contributed by atoms with E-state index >= 15 is 0 Å². The molecule has 8 nitrogen and oxygen atoms in total. The Morgan fingerprint density at radius 1 is 1.38 bits per heavy atom. The summed E-state index contributed by atoms with van der Waals surface area (Å²) in [5.74, 6) is 0.694. The minimum absolute atomic E-state index is 0.0432. The Bertz CT molecular complexity index is 746. The zero-order valence-electron chi connectivity index (χ0n) is 16.9. The molecule has 1 N–H and O–H groups in total. The van der Waals surface area contributed by atoms with Gasteiger partial charge in [0, 0.05) is 45.9 Å². The molecule has 1 saturated heterocycles. The minimum Gasteiger partial charge on any atom is -0.482 e. The van der Waals surface area contributed by atoms with Crippen LogP contribution >= 0.6 is 0 Å². The van der Waals surface area contributed by atoms with Gasteiger partial charge in [-0.1, -0.05) is 6.07 Å². The van der Waals surface area contributed by atoms with Crippen LogP contribution in [0, 0.1) is 0 Å². The standard InChI is InChI=1S/C21H29N3O5/c1-27-9-2-8-23-17-11-15(3-6-18(17)29-14-20(23)25)13-24(16-4-5-16)21(26)19-12-22-7-10-28-19/h3,6,11,16,19,22H,2,4-5,7-10,12-14H2,1H3/t19-/m1/s1. The van der Waals surface area contributed by atoms with E-state index in [4.69, 9.17) is 14.2 Å². The van der Waals surface area contributed by atoms with Crippen molar-refractivity contribution in [1.29, 1.82) is 0 Å². The maximum atomic E-state index is 13.0. The summed E-state index contributed by atoms with van der Waals surface area (Å²) in [5.41, 5.74) is 1.76. The fourth-order valence-corrected chi connectivity index (χ4v) is 3.84. The topological polar surface area (TPSA) is 80.3 Å². The van der Waals surface area contributed by atoms with Crippen LogP contribution in [0.4, 0.5) is 5.69 Å². The van der Waals surface area contributed by atoms with E-state index in [2.05, 4.69) is 5.32 Å². The molecule has 1 aromatic carbocycles. The lowest BCUT2D eigenvalue weighted by molar-refractivity contribution is -0.146. The molecule has 1 aliphatic carbocycles. The van der Waals surface area contributed by atoms with Gasteiger partial charge in [0.05, 0.1) is 12.3 Å². The van der Waals surface area contributed by atoms with E-state index in [9.17, 15) is 9.59 Å². The van der Waals surface area contributed by atoms with Crippen LogP contribution in [0.3, 0.4) is 0 Å². The van der Waals surface area contributed by atoms with E-state index < -0.39 is 6.10 Å². The number of rotatable bonds is 8. The number of hydrogen-bond acceptors (Lipinski definition) is 6. The minimum atomic E-state index is -0.419. The number of amides is 2. The van der Waals surface area contributed by atoms with Crippen molar-refractivity contribution >= 4 is 17.5 Å². The van der Waals surface area contributed by atoms with Gasteiger partial charge >= 0.3 is 0 Å². The number of fused-ring (bicyclic) bond motifs is 1. The second kappa shape index (κ2) is 9.11. The number of anilines is 1. The number of nitrogens with zero attached hydrogens (tertiary/aromatic N) is 2. The quantitative estimate of drug-likeness (QED) is 0.651. The van der Waals surface area contributed by atoms with Gasteiger partial charge in [0.15, 0.2) is 6.61 Å². The zero-order chi connectivity index (χ0) is 20.2. The third-order valence-corrected chi connectivity index (χ3v) is 5.52. The molecular formula is C21H29N3O5. The fraction of sp³-hybridized carbons (Fsp3) is 0.619. The Morgan fingerprint density at radius 3 is 2.97 bits per heavy atom. The van der Waals surface area contributed by atoms with Gasteiger partial charge in [-0.05, 0) is 37.0 Å². The van der Waals surface area contributed by atoms with Crippen LogP contribution in [0.5, 0.6) is 5.75 Å². The van der Waals surface area contributed by atoms with Crippen LogP contribution in [-0.4, -0.2) is 75.4 Å². The summed E-state index contributed by atoms with van der Waals surface area (Å²) < 4.78 is 16.4. The third kappa shape index (κ3) is 4.71. The molecule has 2 heterocycles. The van der Waals surface area contributed by atoms with Crippen molar-refractivity contribution in [2.45, 2.75) is 38.0 Å². The number of ether oxygens (including phenoxy) is 3. The van der Waals surface area contributed by atoms with E-state index in [0.29, 0.717) is 38.6 Å². The predicted molar refractivity (Wildman–Crippen MR) is 107 cm³/mol. The molecular weight excluding hydrogens is 374 g/mol. The zero-order valence-corrected chi connectivity index (χ0v) is 16.9. The SMILES string of the molecule is COCCCN1C(=O)COc2ccc(CN(C(=O)[C@H]3CNCCO3)C3CC3)cc21. The molecule has 3 aliphatic rings. The molecule has 0 unspecified atom stereocenters.